The zero-order valence-corrected chi connectivity index (χ0v) is 21.1. The molecular formula is C26H34N6O4. The van der Waals surface area contributed by atoms with Crippen LogP contribution in [0.4, 0.5) is 0 Å². The van der Waals surface area contributed by atoms with Crippen molar-refractivity contribution in [3.05, 3.63) is 41.6 Å². The van der Waals surface area contributed by atoms with Crippen LogP contribution in [0.25, 0.3) is 0 Å². The lowest BCUT2D eigenvalue weighted by atomic mass is 9.96. The van der Waals surface area contributed by atoms with Gasteiger partial charge in [-0.2, -0.15) is 5.26 Å². The first-order valence-electron chi connectivity index (χ1n) is 12.5. The molecule has 1 atom stereocenters. The first-order chi connectivity index (χ1) is 17.5. The van der Waals surface area contributed by atoms with E-state index in [2.05, 4.69) is 26.4 Å². The van der Waals surface area contributed by atoms with E-state index < -0.39 is 0 Å². The highest BCUT2D eigenvalue weighted by atomic mass is 16.5. The zero-order valence-electron chi connectivity index (χ0n) is 21.1. The minimum atomic E-state index is -0.0829. The lowest BCUT2D eigenvalue weighted by molar-refractivity contribution is -0.132. The van der Waals surface area contributed by atoms with Gasteiger partial charge in [0.15, 0.2) is 0 Å². The molecule has 36 heavy (non-hydrogen) atoms. The summed E-state index contributed by atoms with van der Waals surface area (Å²) in [6.45, 7) is 9.77. The largest absolute Gasteiger partial charge is 0.480 e. The van der Waals surface area contributed by atoms with Gasteiger partial charge in [0.1, 0.15) is 24.1 Å². The van der Waals surface area contributed by atoms with E-state index in [0.29, 0.717) is 37.9 Å². The molecule has 10 heteroatoms. The summed E-state index contributed by atoms with van der Waals surface area (Å²) < 4.78 is 16.9. The first-order valence-corrected chi connectivity index (χ1v) is 12.5. The molecule has 0 unspecified atom stereocenters. The van der Waals surface area contributed by atoms with Crippen molar-refractivity contribution < 1.29 is 19.0 Å². The lowest BCUT2D eigenvalue weighted by Crippen LogP contribution is -2.34. The molecule has 3 aliphatic heterocycles. The van der Waals surface area contributed by atoms with E-state index >= 15 is 0 Å². The Labute approximate surface area is 212 Å². The second-order valence-electron chi connectivity index (χ2n) is 9.40. The molecule has 2 saturated heterocycles. The summed E-state index contributed by atoms with van der Waals surface area (Å²) in [5, 5.41) is 9.03. The number of aromatic nitrogens is 2. The van der Waals surface area contributed by atoms with Crippen LogP contribution in [0.15, 0.2) is 35.4 Å². The van der Waals surface area contributed by atoms with Crippen molar-refractivity contribution in [3.8, 4) is 11.9 Å². The average molecular weight is 495 g/mol. The Morgan fingerprint density at radius 1 is 1.31 bits per heavy atom. The molecule has 4 heterocycles. The SMILES string of the molecule is C=C(C#N)C(=N/C=C(\C)N1CCc2ncnc(O[C@H]3CCN(C(=O)CC4CCOCC4)C3)c2C1)OC. The minimum absolute atomic E-state index is 0.0829. The molecule has 0 spiro atoms. The fourth-order valence-electron chi connectivity index (χ4n) is 4.79. The summed E-state index contributed by atoms with van der Waals surface area (Å²) in [6.07, 6.45) is 7.21. The Bertz CT molecular complexity index is 1070. The van der Waals surface area contributed by atoms with Crippen LogP contribution in [0, 0.1) is 17.2 Å². The van der Waals surface area contributed by atoms with Crippen LogP contribution < -0.4 is 4.74 Å². The molecule has 0 bridgehead atoms. The molecule has 2 fully saturated rings. The number of hydrogen-bond donors (Lipinski definition) is 0. The highest BCUT2D eigenvalue weighted by Gasteiger charge is 2.31. The number of hydrogen-bond acceptors (Lipinski definition) is 9. The van der Waals surface area contributed by atoms with E-state index in [1.807, 2.05) is 17.9 Å². The maximum atomic E-state index is 12.8. The Kier molecular flexibility index (Phi) is 8.54. The Morgan fingerprint density at radius 3 is 2.86 bits per heavy atom. The van der Waals surface area contributed by atoms with Crippen molar-refractivity contribution in [3.63, 3.8) is 0 Å². The minimum Gasteiger partial charge on any atom is -0.480 e. The van der Waals surface area contributed by atoms with Gasteiger partial charge >= 0.3 is 0 Å². The summed E-state index contributed by atoms with van der Waals surface area (Å²) >= 11 is 0. The van der Waals surface area contributed by atoms with Gasteiger partial charge in [0.25, 0.3) is 0 Å². The molecule has 0 saturated carbocycles. The van der Waals surface area contributed by atoms with Crippen molar-refractivity contribution in [1.82, 2.24) is 19.8 Å². The molecule has 1 amide bonds. The number of fused-ring (bicyclic) bond motifs is 1. The lowest BCUT2D eigenvalue weighted by Gasteiger charge is -2.31. The van der Waals surface area contributed by atoms with Gasteiger partial charge in [0, 0.05) is 64.0 Å². The van der Waals surface area contributed by atoms with E-state index in [1.165, 1.54) is 7.11 Å². The van der Waals surface area contributed by atoms with E-state index in [0.717, 1.165) is 62.4 Å². The van der Waals surface area contributed by atoms with Crippen LogP contribution in [0.1, 0.15) is 43.9 Å². The number of rotatable bonds is 7. The molecule has 192 valence electrons. The molecule has 0 aromatic carbocycles. The van der Waals surface area contributed by atoms with Gasteiger partial charge in [0.2, 0.25) is 17.7 Å². The number of methoxy groups -OCH3 is 1. The maximum absolute atomic E-state index is 12.8. The molecular weight excluding hydrogens is 460 g/mol. The van der Waals surface area contributed by atoms with Gasteiger partial charge < -0.3 is 24.0 Å². The standard InChI is InChI=1S/C26H34N6O4/c1-18(13-27)25(34-3)28-14-19(2)31-9-5-23-22(16-31)26(30-17-29-23)36-21-4-8-32(15-21)24(33)12-20-6-10-35-11-7-20/h14,17,20-21H,1,4-12,15-16H2,2-3H3/b19-14+,28-25?/t21-/m0/s1. The van der Waals surface area contributed by atoms with E-state index in [9.17, 15) is 4.79 Å². The Hall–Kier alpha value is -3.45. The average Bonchev–Trinajstić information content (AvgIpc) is 3.38. The van der Waals surface area contributed by atoms with E-state index in [1.54, 1.807) is 12.5 Å². The van der Waals surface area contributed by atoms with Crippen molar-refractivity contribution in [1.29, 1.82) is 5.26 Å². The molecule has 0 N–H and O–H groups in total. The van der Waals surface area contributed by atoms with Crippen LogP contribution in [0.3, 0.4) is 0 Å². The van der Waals surface area contributed by atoms with Gasteiger partial charge in [-0.3, -0.25) is 4.79 Å². The molecule has 3 aliphatic rings. The van der Waals surface area contributed by atoms with Gasteiger partial charge in [0.05, 0.1) is 24.9 Å². The first kappa shape index (κ1) is 25.6. The quantitative estimate of drug-likeness (QED) is 0.323. The number of nitriles is 1. The second-order valence-corrected chi connectivity index (χ2v) is 9.40. The molecule has 4 rings (SSSR count). The second kappa shape index (κ2) is 12.0. The summed E-state index contributed by atoms with van der Waals surface area (Å²) in [5.41, 5.74) is 3.03. The predicted molar refractivity (Wildman–Crippen MR) is 133 cm³/mol. The Balaban J connectivity index is 1.38. The summed E-state index contributed by atoms with van der Waals surface area (Å²) in [4.78, 5) is 30.1. The molecule has 10 nitrogen and oxygen atoms in total. The normalized spacial score (nSPS) is 21.1. The number of carbonyl (C=O) groups excluding carboxylic acids is 1. The van der Waals surface area contributed by atoms with Crippen molar-refractivity contribution in [2.45, 2.75) is 51.7 Å². The number of aliphatic imine (C=N–C) groups is 1. The number of likely N-dealkylation sites (tertiary alicyclic amines) is 1. The molecule has 0 aliphatic carbocycles. The van der Waals surface area contributed by atoms with Crippen molar-refractivity contribution >= 4 is 11.8 Å². The van der Waals surface area contributed by atoms with Gasteiger partial charge in [-0.25, -0.2) is 15.0 Å². The van der Waals surface area contributed by atoms with Crippen LogP contribution in [-0.2, 0) is 27.2 Å². The zero-order chi connectivity index (χ0) is 25.5. The predicted octanol–water partition coefficient (Wildman–Crippen LogP) is 2.62. The van der Waals surface area contributed by atoms with E-state index in [4.69, 9.17) is 19.5 Å². The summed E-state index contributed by atoms with van der Waals surface area (Å²) in [6, 6.07) is 1.95. The fraction of sp³-hybridized carbons (Fsp3) is 0.577. The number of nitrogens with zero attached hydrogens (tertiary/aromatic N) is 6. The topological polar surface area (TPSA) is 113 Å². The van der Waals surface area contributed by atoms with Gasteiger partial charge in [-0.1, -0.05) is 6.58 Å². The molecule has 0 radical (unpaired) electrons. The van der Waals surface area contributed by atoms with Crippen LogP contribution in [0.5, 0.6) is 5.88 Å². The van der Waals surface area contributed by atoms with Gasteiger partial charge in [-0.05, 0) is 25.7 Å². The summed E-state index contributed by atoms with van der Waals surface area (Å²) in [5.74, 6) is 1.41. The number of ether oxygens (including phenoxy) is 3. The van der Waals surface area contributed by atoms with Crippen molar-refractivity contribution in [2.75, 3.05) is 40.0 Å². The van der Waals surface area contributed by atoms with Crippen molar-refractivity contribution in [2.24, 2.45) is 10.9 Å². The number of carbonyl (C=O) groups is 1. The van der Waals surface area contributed by atoms with E-state index in [-0.39, 0.29) is 23.5 Å². The monoisotopic (exact) mass is 494 g/mol. The number of amides is 1. The highest BCUT2D eigenvalue weighted by Crippen LogP contribution is 2.29. The third-order valence-electron chi connectivity index (χ3n) is 7.00. The third-order valence-corrected chi connectivity index (χ3v) is 7.00. The van der Waals surface area contributed by atoms with Crippen LogP contribution in [-0.4, -0.2) is 77.6 Å². The number of allylic oxidation sites excluding steroid dienone is 1. The highest BCUT2D eigenvalue weighted by molar-refractivity contribution is 5.96. The maximum Gasteiger partial charge on any atom is 0.230 e. The van der Waals surface area contributed by atoms with Gasteiger partial charge in [-0.15, -0.1) is 0 Å². The summed E-state index contributed by atoms with van der Waals surface area (Å²) in [7, 11) is 1.46. The van der Waals surface area contributed by atoms with Crippen LogP contribution >= 0.6 is 0 Å². The molecule has 1 aromatic heterocycles. The molecule has 1 aromatic rings. The fourth-order valence-corrected chi connectivity index (χ4v) is 4.79. The van der Waals surface area contributed by atoms with Crippen LogP contribution in [0.2, 0.25) is 0 Å². The third kappa shape index (κ3) is 6.21. The Morgan fingerprint density at radius 2 is 2.11 bits per heavy atom. The smallest absolute Gasteiger partial charge is 0.230 e.